The van der Waals surface area contributed by atoms with Crippen LogP contribution in [-0.4, -0.2) is 30.1 Å². The Morgan fingerprint density at radius 3 is 3.00 bits per heavy atom. The lowest BCUT2D eigenvalue weighted by atomic mass is 10.0. The van der Waals surface area contributed by atoms with Crippen LogP contribution in [0, 0.1) is 5.92 Å². The highest BCUT2D eigenvalue weighted by Crippen LogP contribution is 2.16. The van der Waals surface area contributed by atoms with Crippen LogP contribution in [-0.2, 0) is 9.53 Å². The Morgan fingerprint density at radius 1 is 1.75 bits per heavy atom. The van der Waals surface area contributed by atoms with Gasteiger partial charge in [-0.2, -0.15) is 0 Å². The fourth-order valence-electron chi connectivity index (χ4n) is 1.64. The Hall–Kier alpha value is -1.54. The van der Waals surface area contributed by atoms with Crippen molar-refractivity contribution in [3.05, 3.63) is 18.4 Å². The molecule has 88 valence electrons. The van der Waals surface area contributed by atoms with Crippen molar-refractivity contribution in [2.24, 2.45) is 5.92 Å². The van der Waals surface area contributed by atoms with Crippen LogP contribution in [0.1, 0.15) is 26.2 Å². The Bertz CT molecular complexity index is 318. The highest BCUT2D eigenvalue weighted by molar-refractivity contribution is 5.95. The molecule has 0 aromatic heterocycles. The lowest BCUT2D eigenvalue weighted by Gasteiger charge is -2.16. The summed E-state index contributed by atoms with van der Waals surface area (Å²) < 4.78 is 4.74. The molecule has 1 aliphatic heterocycles. The Kier molecular flexibility index (Phi) is 4.80. The predicted octanol–water partition coefficient (Wildman–Crippen LogP) is 2.11. The number of hydrogen-bond acceptors (Lipinski definition) is 3. The minimum Gasteiger partial charge on any atom is -0.447 e. The molecular weight excluding hydrogens is 206 g/mol. The summed E-state index contributed by atoms with van der Waals surface area (Å²) in [6, 6.07) is 0. The monoisotopic (exact) mass is 223 g/mol. The first-order chi connectivity index (χ1) is 7.70. The Balaban J connectivity index is 2.66. The molecule has 1 fully saturated rings. The molecule has 0 aromatic rings. The first kappa shape index (κ1) is 12.5. The van der Waals surface area contributed by atoms with Gasteiger partial charge in [-0.05, 0) is 12.5 Å². The summed E-state index contributed by atoms with van der Waals surface area (Å²) in [6.07, 6.45) is 3.77. The van der Waals surface area contributed by atoms with Crippen LogP contribution < -0.4 is 0 Å². The lowest BCUT2D eigenvalue weighted by molar-refractivity contribution is -0.130. The van der Waals surface area contributed by atoms with Crippen LogP contribution in [0.15, 0.2) is 18.4 Å². The van der Waals surface area contributed by atoms with Crippen LogP contribution in [0.25, 0.3) is 0 Å². The summed E-state index contributed by atoms with van der Waals surface area (Å²) in [5.74, 6) is -0.504. The highest BCUT2D eigenvalue weighted by atomic mass is 16.6. The third kappa shape index (κ3) is 2.97. The normalized spacial score (nSPS) is 16.6. The van der Waals surface area contributed by atoms with E-state index in [2.05, 4.69) is 19.2 Å². The van der Waals surface area contributed by atoms with Gasteiger partial charge in [-0.15, -0.1) is 5.73 Å². The molecule has 0 saturated carbocycles. The average molecular weight is 223 g/mol. The molecular formula is C12H17NO3. The predicted molar refractivity (Wildman–Crippen MR) is 59.8 cm³/mol. The van der Waals surface area contributed by atoms with E-state index in [1.165, 1.54) is 0 Å². The molecule has 4 nitrogen and oxygen atoms in total. The molecule has 2 amide bonds. The number of unbranched alkanes of at least 4 members (excludes halogenated alkanes) is 1. The first-order valence-electron chi connectivity index (χ1n) is 5.54. The number of hydrogen-bond donors (Lipinski definition) is 0. The van der Waals surface area contributed by atoms with Crippen molar-refractivity contribution in [2.75, 3.05) is 13.2 Å². The summed E-state index contributed by atoms with van der Waals surface area (Å²) in [4.78, 5) is 24.4. The molecule has 1 unspecified atom stereocenters. The highest BCUT2D eigenvalue weighted by Gasteiger charge is 2.31. The van der Waals surface area contributed by atoms with Crippen molar-refractivity contribution < 1.29 is 14.3 Å². The van der Waals surface area contributed by atoms with Crippen LogP contribution in [0.5, 0.6) is 0 Å². The van der Waals surface area contributed by atoms with Crippen molar-refractivity contribution in [3.63, 3.8) is 0 Å². The van der Waals surface area contributed by atoms with Gasteiger partial charge in [0, 0.05) is 0 Å². The topological polar surface area (TPSA) is 46.6 Å². The molecule has 1 saturated heterocycles. The SMILES string of the molecule is C=C=CC(CCCC)C(=O)N1CCOC1=O. The second kappa shape index (κ2) is 6.13. The van der Waals surface area contributed by atoms with Gasteiger partial charge in [0.15, 0.2) is 0 Å². The summed E-state index contributed by atoms with van der Waals surface area (Å²) in [5.41, 5.74) is 2.62. The zero-order valence-electron chi connectivity index (χ0n) is 9.57. The van der Waals surface area contributed by atoms with E-state index in [9.17, 15) is 9.59 Å². The third-order valence-corrected chi connectivity index (χ3v) is 2.53. The molecule has 0 N–H and O–H groups in total. The van der Waals surface area contributed by atoms with E-state index in [-0.39, 0.29) is 11.8 Å². The number of carbonyl (C=O) groups excluding carboxylic acids is 2. The quantitative estimate of drug-likeness (QED) is 0.671. The van der Waals surface area contributed by atoms with Gasteiger partial charge in [0.05, 0.1) is 12.5 Å². The molecule has 4 heteroatoms. The maximum absolute atomic E-state index is 12.0. The molecule has 0 bridgehead atoms. The minimum atomic E-state index is -0.538. The van der Waals surface area contributed by atoms with Crippen LogP contribution in [0.2, 0.25) is 0 Å². The fraction of sp³-hybridized carbons (Fsp3) is 0.583. The van der Waals surface area contributed by atoms with Gasteiger partial charge in [-0.1, -0.05) is 26.3 Å². The molecule has 0 aromatic carbocycles. The largest absolute Gasteiger partial charge is 0.447 e. The molecule has 1 rings (SSSR count). The van der Waals surface area contributed by atoms with Gasteiger partial charge in [0.25, 0.3) is 0 Å². The van der Waals surface area contributed by atoms with E-state index >= 15 is 0 Å². The minimum absolute atomic E-state index is 0.202. The summed E-state index contributed by atoms with van der Waals surface area (Å²) in [7, 11) is 0. The number of amides is 2. The maximum atomic E-state index is 12.0. The van der Waals surface area contributed by atoms with E-state index in [0.717, 1.165) is 24.2 Å². The molecule has 1 heterocycles. The van der Waals surface area contributed by atoms with E-state index < -0.39 is 6.09 Å². The smallest absolute Gasteiger partial charge is 0.416 e. The van der Waals surface area contributed by atoms with E-state index in [1.807, 2.05) is 0 Å². The first-order valence-corrected chi connectivity index (χ1v) is 5.54. The van der Waals surface area contributed by atoms with Crippen LogP contribution >= 0.6 is 0 Å². The van der Waals surface area contributed by atoms with E-state index in [0.29, 0.717) is 13.2 Å². The second-order valence-corrected chi connectivity index (χ2v) is 3.72. The van der Waals surface area contributed by atoms with Crippen LogP contribution in [0.3, 0.4) is 0 Å². The second-order valence-electron chi connectivity index (χ2n) is 3.72. The lowest BCUT2D eigenvalue weighted by Crippen LogP contribution is -2.36. The average Bonchev–Trinajstić information content (AvgIpc) is 2.69. The van der Waals surface area contributed by atoms with Gasteiger partial charge in [0.1, 0.15) is 6.61 Å². The molecule has 0 aliphatic carbocycles. The summed E-state index contributed by atoms with van der Waals surface area (Å²) >= 11 is 0. The van der Waals surface area contributed by atoms with Crippen molar-refractivity contribution in [2.45, 2.75) is 26.2 Å². The number of carbonyl (C=O) groups is 2. The number of rotatable bonds is 5. The molecule has 1 aliphatic rings. The molecule has 1 atom stereocenters. The Labute approximate surface area is 95.6 Å². The van der Waals surface area contributed by atoms with Crippen molar-refractivity contribution in [3.8, 4) is 0 Å². The van der Waals surface area contributed by atoms with Gasteiger partial charge in [0.2, 0.25) is 5.91 Å². The zero-order chi connectivity index (χ0) is 12.0. The number of cyclic esters (lactones) is 1. The van der Waals surface area contributed by atoms with Gasteiger partial charge in [-0.3, -0.25) is 4.79 Å². The molecule has 0 spiro atoms. The molecule has 16 heavy (non-hydrogen) atoms. The van der Waals surface area contributed by atoms with E-state index in [4.69, 9.17) is 4.74 Å². The van der Waals surface area contributed by atoms with Crippen LogP contribution in [0.4, 0.5) is 4.79 Å². The van der Waals surface area contributed by atoms with Gasteiger partial charge >= 0.3 is 6.09 Å². The Morgan fingerprint density at radius 2 is 2.50 bits per heavy atom. The molecule has 0 radical (unpaired) electrons. The third-order valence-electron chi connectivity index (χ3n) is 2.53. The summed E-state index contributed by atoms with van der Waals surface area (Å²) in [6.45, 7) is 6.17. The van der Waals surface area contributed by atoms with Crippen molar-refractivity contribution in [1.82, 2.24) is 4.90 Å². The standard InChI is InChI=1S/C12H17NO3/c1-3-5-7-10(6-4-2)11(14)13-8-9-16-12(13)15/h6,10H,2-3,5,7-9H2,1H3. The van der Waals surface area contributed by atoms with Gasteiger partial charge < -0.3 is 4.74 Å². The fourth-order valence-corrected chi connectivity index (χ4v) is 1.64. The number of imide groups is 1. The van der Waals surface area contributed by atoms with E-state index in [1.54, 1.807) is 6.08 Å². The zero-order valence-corrected chi connectivity index (χ0v) is 9.57. The number of ether oxygens (including phenoxy) is 1. The maximum Gasteiger partial charge on any atom is 0.416 e. The summed E-state index contributed by atoms with van der Waals surface area (Å²) in [5, 5.41) is 0. The van der Waals surface area contributed by atoms with Crippen molar-refractivity contribution in [1.29, 1.82) is 0 Å². The van der Waals surface area contributed by atoms with Crippen molar-refractivity contribution >= 4 is 12.0 Å². The van der Waals surface area contributed by atoms with Gasteiger partial charge in [-0.25, -0.2) is 9.69 Å². The number of nitrogens with zero attached hydrogens (tertiary/aromatic N) is 1.